The van der Waals surface area contributed by atoms with Crippen LogP contribution in [0.3, 0.4) is 0 Å². The van der Waals surface area contributed by atoms with Gasteiger partial charge in [0.05, 0.1) is 5.41 Å². The molecule has 3 aliphatic rings. The first-order valence-electron chi connectivity index (χ1n) is 22.9. The Balaban J connectivity index is 0.985. The lowest BCUT2D eigenvalue weighted by atomic mass is 9.70. The number of anilines is 3. The lowest BCUT2D eigenvalue weighted by Crippen LogP contribution is -2.26. The van der Waals surface area contributed by atoms with E-state index in [0.29, 0.717) is 0 Å². The van der Waals surface area contributed by atoms with Crippen molar-refractivity contribution in [1.82, 2.24) is 0 Å². The van der Waals surface area contributed by atoms with E-state index in [2.05, 4.69) is 243 Å². The Morgan fingerprint density at radius 2 is 0.646 bits per heavy atom. The number of fused-ring (bicyclic) bond motifs is 19. The van der Waals surface area contributed by atoms with E-state index in [0.717, 1.165) is 17.1 Å². The molecule has 65 heavy (non-hydrogen) atoms. The summed E-state index contributed by atoms with van der Waals surface area (Å²) in [7, 11) is 0. The molecule has 0 aliphatic heterocycles. The SMILES string of the molecule is CC1(C)c2ccccc2-c2ccc(-c3ccc(N(c4ccc5c(c4)C4(c6ccccc6-c6ccccc64)c4ccccc4-5)c4ccc5c6ccccc6c6ccccc6c5c4)cc3)cc21. The Morgan fingerprint density at radius 3 is 1.23 bits per heavy atom. The average Bonchev–Trinajstić information content (AvgIpc) is 3.92. The van der Waals surface area contributed by atoms with Crippen LogP contribution in [0.4, 0.5) is 17.1 Å². The molecule has 1 spiro atoms. The van der Waals surface area contributed by atoms with Gasteiger partial charge < -0.3 is 4.90 Å². The zero-order chi connectivity index (χ0) is 43.0. The molecule has 0 atom stereocenters. The fourth-order valence-electron chi connectivity index (χ4n) is 12.4. The molecule has 14 rings (SSSR count). The number of nitrogens with zero attached hydrogens (tertiary/aromatic N) is 1. The summed E-state index contributed by atoms with van der Waals surface area (Å²) in [5.41, 5.74) is 21.4. The molecule has 11 aromatic rings. The highest BCUT2D eigenvalue weighted by Gasteiger charge is 2.51. The Kier molecular flexibility index (Phi) is 7.45. The summed E-state index contributed by atoms with van der Waals surface area (Å²) in [5, 5.41) is 7.63. The minimum Gasteiger partial charge on any atom is -0.310 e. The molecule has 0 heterocycles. The average molecular weight is 826 g/mol. The smallest absolute Gasteiger partial charge is 0.0726 e. The van der Waals surface area contributed by atoms with Gasteiger partial charge in [-0.15, -0.1) is 0 Å². The summed E-state index contributed by atoms with van der Waals surface area (Å²) in [6, 6.07) is 84.6. The van der Waals surface area contributed by atoms with Gasteiger partial charge in [0.15, 0.2) is 0 Å². The van der Waals surface area contributed by atoms with Crippen LogP contribution in [-0.2, 0) is 10.8 Å². The number of hydrogen-bond donors (Lipinski definition) is 0. The maximum absolute atomic E-state index is 2.51. The van der Waals surface area contributed by atoms with Crippen LogP contribution < -0.4 is 4.90 Å². The van der Waals surface area contributed by atoms with Gasteiger partial charge in [0.25, 0.3) is 0 Å². The molecule has 0 N–H and O–H groups in total. The highest BCUT2D eigenvalue weighted by atomic mass is 15.1. The van der Waals surface area contributed by atoms with Crippen LogP contribution in [0.5, 0.6) is 0 Å². The van der Waals surface area contributed by atoms with Gasteiger partial charge in [0.1, 0.15) is 0 Å². The van der Waals surface area contributed by atoms with Gasteiger partial charge >= 0.3 is 0 Å². The van der Waals surface area contributed by atoms with Gasteiger partial charge in [0, 0.05) is 22.5 Å². The topological polar surface area (TPSA) is 3.24 Å². The third-order valence-electron chi connectivity index (χ3n) is 15.3. The molecule has 0 saturated carbocycles. The van der Waals surface area contributed by atoms with Crippen molar-refractivity contribution < 1.29 is 0 Å². The van der Waals surface area contributed by atoms with Crippen molar-refractivity contribution in [3.63, 3.8) is 0 Å². The quantitative estimate of drug-likeness (QED) is 0.160. The van der Waals surface area contributed by atoms with Gasteiger partial charge in [0.2, 0.25) is 0 Å². The zero-order valence-electron chi connectivity index (χ0n) is 36.3. The molecular formula is C64H43N. The van der Waals surface area contributed by atoms with E-state index < -0.39 is 5.41 Å². The van der Waals surface area contributed by atoms with Crippen molar-refractivity contribution >= 4 is 49.4 Å². The van der Waals surface area contributed by atoms with Gasteiger partial charge in [-0.3, -0.25) is 0 Å². The van der Waals surface area contributed by atoms with Crippen molar-refractivity contribution in [2.75, 3.05) is 4.90 Å². The maximum Gasteiger partial charge on any atom is 0.0726 e. The van der Waals surface area contributed by atoms with Crippen molar-refractivity contribution in [2.45, 2.75) is 24.7 Å². The Morgan fingerprint density at radius 1 is 0.262 bits per heavy atom. The van der Waals surface area contributed by atoms with E-state index in [1.807, 2.05) is 0 Å². The molecule has 304 valence electrons. The lowest BCUT2D eigenvalue weighted by molar-refractivity contribution is 0.660. The first-order chi connectivity index (χ1) is 32.0. The van der Waals surface area contributed by atoms with Crippen LogP contribution in [-0.4, -0.2) is 0 Å². The maximum atomic E-state index is 2.51. The van der Waals surface area contributed by atoms with Crippen molar-refractivity contribution in [3.8, 4) is 44.5 Å². The molecule has 0 bridgehead atoms. The van der Waals surface area contributed by atoms with Gasteiger partial charge in [-0.25, -0.2) is 0 Å². The highest BCUT2D eigenvalue weighted by molar-refractivity contribution is 6.25. The number of hydrogen-bond acceptors (Lipinski definition) is 1. The molecule has 1 heteroatoms. The molecule has 3 aliphatic carbocycles. The second-order valence-corrected chi connectivity index (χ2v) is 18.8. The predicted octanol–water partition coefficient (Wildman–Crippen LogP) is 16.9. The van der Waals surface area contributed by atoms with Gasteiger partial charge in [-0.2, -0.15) is 0 Å². The van der Waals surface area contributed by atoms with Crippen LogP contribution in [0.2, 0.25) is 0 Å². The second kappa shape index (κ2) is 13.3. The predicted molar refractivity (Wildman–Crippen MR) is 273 cm³/mol. The third-order valence-corrected chi connectivity index (χ3v) is 15.3. The molecule has 0 fully saturated rings. The fraction of sp³-hybridized carbons (Fsp3) is 0.0625. The summed E-state index contributed by atoms with van der Waals surface area (Å²) in [6.07, 6.45) is 0. The van der Waals surface area contributed by atoms with E-state index in [4.69, 9.17) is 0 Å². The highest BCUT2D eigenvalue weighted by Crippen LogP contribution is 2.63. The van der Waals surface area contributed by atoms with Crippen LogP contribution >= 0.6 is 0 Å². The van der Waals surface area contributed by atoms with Crippen LogP contribution in [0.15, 0.2) is 224 Å². The van der Waals surface area contributed by atoms with Crippen molar-refractivity contribution in [2.24, 2.45) is 0 Å². The van der Waals surface area contributed by atoms with E-state index >= 15 is 0 Å². The summed E-state index contributed by atoms with van der Waals surface area (Å²) in [4.78, 5) is 2.49. The molecule has 0 aromatic heterocycles. The molecule has 11 aromatic carbocycles. The Bertz CT molecular complexity index is 3710. The molecule has 0 amide bonds. The van der Waals surface area contributed by atoms with Gasteiger partial charge in [-0.05, 0) is 153 Å². The summed E-state index contributed by atoms with van der Waals surface area (Å²) in [6.45, 7) is 4.72. The van der Waals surface area contributed by atoms with Crippen molar-refractivity contribution in [3.05, 3.63) is 258 Å². The standard InChI is InChI=1S/C64H43N/c1-63(2)57-23-11-7-19-50(57)54-34-29-41(37-61(54)63)40-27-30-42(31-28-40)65(43-32-35-49-47-17-4-3-15-45(47)46-16-5-6-18-48(46)56(49)38-43)44-33-36-55-53-22-10-14-26-60(53)64(62(55)39-44)58-24-12-8-20-51(58)52-21-9-13-25-59(52)64/h3-39H,1-2H3. The molecule has 0 unspecified atom stereocenters. The van der Waals surface area contributed by atoms with E-state index in [1.54, 1.807) is 0 Å². The summed E-state index contributed by atoms with van der Waals surface area (Å²) in [5.74, 6) is 0. The zero-order valence-corrected chi connectivity index (χ0v) is 36.3. The first kappa shape index (κ1) is 36.5. The number of benzene rings is 11. The molecule has 0 saturated heterocycles. The Labute approximate surface area is 379 Å². The second-order valence-electron chi connectivity index (χ2n) is 18.8. The van der Waals surface area contributed by atoms with Crippen LogP contribution in [0.1, 0.15) is 47.2 Å². The molecular weight excluding hydrogens is 783 g/mol. The van der Waals surface area contributed by atoms with Gasteiger partial charge in [-0.1, -0.05) is 196 Å². The molecule has 1 nitrogen and oxygen atoms in total. The third kappa shape index (κ3) is 4.88. The normalized spacial score (nSPS) is 14.2. The summed E-state index contributed by atoms with van der Waals surface area (Å²) < 4.78 is 0. The van der Waals surface area contributed by atoms with Crippen LogP contribution in [0, 0.1) is 0 Å². The number of rotatable bonds is 4. The molecule has 0 radical (unpaired) electrons. The minimum atomic E-state index is -0.440. The van der Waals surface area contributed by atoms with E-state index in [-0.39, 0.29) is 5.41 Å². The first-order valence-corrected chi connectivity index (χ1v) is 22.9. The van der Waals surface area contributed by atoms with Crippen molar-refractivity contribution in [1.29, 1.82) is 0 Å². The van der Waals surface area contributed by atoms with E-state index in [1.165, 1.54) is 110 Å². The van der Waals surface area contributed by atoms with E-state index in [9.17, 15) is 0 Å². The fourth-order valence-corrected chi connectivity index (χ4v) is 12.4. The van der Waals surface area contributed by atoms with Crippen LogP contribution in [0.25, 0.3) is 76.8 Å². The monoisotopic (exact) mass is 825 g/mol. The lowest BCUT2D eigenvalue weighted by Gasteiger charge is -2.32. The Hall–Kier alpha value is -8.00. The largest absolute Gasteiger partial charge is 0.310 e. The summed E-state index contributed by atoms with van der Waals surface area (Å²) >= 11 is 0. The minimum absolute atomic E-state index is 0.0603.